The van der Waals surface area contributed by atoms with E-state index >= 15 is 0 Å². The van der Waals surface area contributed by atoms with E-state index in [0.29, 0.717) is 6.54 Å². The van der Waals surface area contributed by atoms with Crippen molar-refractivity contribution >= 4 is 11.8 Å². The van der Waals surface area contributed by atoms with Gasteiger partial charge in [0, 0.05) is 31.6 Å². The summed E-state index contributed by atoms with van der Waals surface area (Å²) in [6.45, 7) is 3.59. The van der Waals surface area contributed by atoms with Crippen molar-refractivity contribution in [2.45, 2.75) is 51.5 Å². The first-order chi connectivity index (χ1) is 14.1. The summed E-state index contributed by atoms with van der Waals surface area (Å²) < 4.78 is 0. The Bertz CT molecular complexity index is 755. The second kappa shape index (κ2) is 7.75. The first-order valence-electron chi connectivity index (χ1n) is 11.4. The number of rotatable bonds is 6. The average molecular weight is 396 g/mol. The van der Waals surface area contributed by atoms with Crippen LogP contribution in [-0.2, 0) is 22.6 Å². The Labute approximate surface area is 173 Å². The van der Waals surface area contributed by atoms with Gasteiger partial charge in [-0.05, 0) is 73.8 Å². The van der Waals surface area contributed by atoms with Gasteiger partial charge in [-0.2, -0.15) is 0 Å². The maximum atomic E-state index is 12.9. The third-order valence-corrected chi connectivity index (χ3v) is 7.89. The van der Waals surface area contributed by atoms with Crippen LogP contribution in [0.1, 0.15) is 49.7 Å². The Morgan fingerprint density at radius 2 is 1.62 bits per heavy atom. The van der Waals surface area contributed by atoms with Gasteiger partial charge in [-0.25, -0.2) is 0 Å². The van der Waals surface area contributed by atoms with Gasteiger partial charge in [-0.3, -0.25) is 14.5 Å². The van der Waals surface area contributed by atoms with Crippen molar-refractivity contribution in [1.29, 1.82) is 0 Å². The minimum Gasteiger partial charge on any atom is -0.353 e. The van der Waals surface area contributed by atoms with E-state index in [1.165, 1.54) is 30.4 Å². The first-order valence-corrected chi connectivity index (χ1v) is 11.4. The number of benzene rings is 1. The van der Waals surface area contributed by atoms with E-state index in [-0.39, 0.29) is 23.8 Å². The summed E-state index contributed by atoms with van der Waals surface area (Å²) >= 11 is 0. The second-order valence-corrected chi connectivity index (χ2v) is 10.0. The van der Waals surface area contributed by atoms with Crippen LogP contribution in [0.25, 0.3) is 0 Å². The first kappa shape index (κ1) is 19.1. The fourth-order valence-electron chi connectivity index (χ4n) is 6.90. The molecule has 0 unspecified atom stereocenters. The molecule has 1 heterocycles. The van der Waals surface area contributed by atoms with Crippen molar-refractivity contribution in [1.82, 2.24) is 15.5 Å². The molecule has 1 aromatic rings. The Hall–Kier alpha value is -1.88. The molecule has 156 valence electrons. The quantitative estimate of drug-likeness (QED) is 0.778. The van der Waals surface area contributed by atoms with Gasteiger partial charge in [0.15, 0.2) is 0 Å². The highest BCUT2D eigenvalue weighted by molar-refractivity contribution is 5.88. The molecular weight excluding hydrogens is 362 g/mol. The summed E-state index contributed by atoms with van der Waals surface area (Å²) in [7, 11) is 0. The monoisotopic (exact) mass is 395 g/mol. The number of amides is 2. The molecule has 0 spiro atoms. The fraction of sp³-hybridized carbons (Fsp3) is 0.667. The molecule has 0 aromatic heterocycles. The van der Waals surface area contributed by atoms with Gasteiger partial charge in [0.05, 0.1) is 6.54 Å². The van der Waals surface area contributed by atoms with Gasteiger partial charge in [0.25, 0.3) is 0 Å². The molecule has 4 fully saturated rings. The minimum absolute atomic E-state index is 0.0690. The SMILES string of the molecule is O=C(CNC(=O)C12CC3CC(CC(C3)C1)C2)NCCN1CCc2ccccc2C1. The van der Waals surface area contributed by atoms with Crippen molar-refractivity contribution in [2.75, 3.05) is 26.2 Å². The molecule has 4 saturated carbocycles. The molecule has 6 rings (SSSR count). The highest BCUT2D eigenvalue weighted by atomic mass is 16.2. The molecule has 2 N–H and O–H groups in total. The zero-order chi connectivity index (χ0) is 19.8. The van der Waals surface area contributed by atoms with Gasteiger partial charge in [0.1, 0.15) is 0 Å². The van der Waals surface area contributed by atoms with Crippen LogP contribution in [0.15, 0.2) is 24.3 Å². The number of hydrogen-bond donors (Lipinski definition) is 2. The Balaban J connectivity index is 1.05. The number of hydrogen-bond acceptors (Lipinski definition) is 3. The van der Waals surface area contributed by atoms with Crippen molar-refractivity contribution in [3.63, 3.8) is 0 Å². The van der Waals surface area contributed by atoms with E-state index < -0.39 is 0 Å². The molecule has 1 aromatic carbocycles. The number of carbonyl (C=O) groups excluding carboxylic acids is 2. The van der Waals surface area contributed by atoms with E-state index in [4.69, 9.17) is 0 Å². The minimum atomic E-state index is -0.170. The topological polar surface area (TPSA) is 61.4 Å². The van der Waals surface area contributed by atoms with Crippen molar-refractivity contribution in [2.24, 2.45) is 23.2 Å². The van der Waals surface area contributed by atoms with E-state index in [1.807, 2.05) is 0 Å². The number of nitrogens with zero attached hydrogens (tertiary/aromatic N) is 1. The van der Waals surface area contributed by atoms with E-state index in [0.717, 1.165) is 63.1 Å². The highest BCUT2D eigenvalue weighted by Gasteiger charge is 2.54. The summed E-state index contributed by atoms with van der Waals surface area (Å²) in [6.07, 6.45) is 8.19. The average Bonchev–Trinajstić information content (AvgIpc) is 2.71. The number of nitrogens with one attached hydrogen (secondary N) is 2. The third-order valence-electron chi connectivity index (χ3n) is 7.89. The van der Waals surface area contributed by atoms with Crippen LogP contribution in [-0.4, -0.2) is 42.9 Å². The Kier molecular flexibility index (Phi) is 5.10. The van der Waals surface area contributed by atoms with Gasteiger partial charge >= 0.3 is 0 Å². The van der Waals surface area contributed by atoms with Gasteiger partial charge in [0.2, 0.25) is 11.8 Å². The molecule has 29 heavy (non-hydrogen) atoms. The van der Waals surface area contributed by atoms with Crippen LogP contribution in [0.5, 0.6) is 0 Å². The summed E-state index contributed by atoms with van der Waals surface area (Å²) in [4.78, 5) is 27.6. The van der Waals surface area contributed by atoms with Crippen LogP contribution >= 0.6 is 0 Å². The van der Waals surface area contributed by atoms with E-state index in [9.17, 15) is 9.59 Å². The van der Waals surface area contributed by atoms with Crippen LogP contribution < -0.4 is 10.6 Å². The van der Waals surface area contributed by atoms with E-state index in [1.54, 1.807) is 0 Å². The molecule has 2 amide bonds. The molecule has 5 aliphatic rings. The normalized spacial score (nSPS) is 32.6. The molecule has 0 saturated heterocycles. The molecule has 4 aliphatic carbocycles. The maximum absolute atomic E-state index is 12.9. The van der Waals surface area contributed by atoms with Crippen LogP contribution in [0.3, 0.4) is 0 Å². The van der Waals surface area contributed by atoms with Gasteiger partial charge in [-0.1, -0.05) is 24.3 Å². The standard InChI is InChI=1S/C24H33N3O2/c28-22(25-6-8-27-7-5-20-3-1-2-4-21(20)16-27)15-26-23(29)24-12-17-9-18(13-24)11-19(10-17)14-24/h1-4,17-19H,5-16H2,(H,25,28)(H,26,29). The lowest BCUT2D eigenvalue weighted by molar-refractivity contribution is -0.147. The van der Waals surface area contributed by atoms with Crippen molar-refractivity contribution in [3.05, 3.63) is 35.4 Å². The summed E-state index contributed by atoms with van der Waals surface area (Å²) in [5, 5.41) is 5.96. The predicted octanol–water partition coefficient (Wildman–Crippen LogP) is 2.49. The predicted molar refractivity (Wildman–Crippen MR) is 112 cm³/mol. The molecule has 0 radical (unpaired) electrons. The molecule has 0 atom stereocenters. The molecule has 1 aliphatic heterocycles. The Morgan fingerprint density at radius 1 is 0.966 bits per heavy atom. The van der Waals surface area contributed by atoms with Crippen molar-refractivity contribution in [3.8, 4) is 0 Å². The second-order valence-electron chi connectivity index (χ2n) is 10.0. The molecule has 5 nitrogen and oxygen atoms in total. The van der Waals surface area contributed by atoms with Crippen LogP contribution in [0.4, 0.5) is 0 Å². The molecule has 4 bridgehead atoms. The summed E-state index contributed by atoms with van der Waals surface area (Å²) in [6, 6.07) is 8.60. The van der Waals surface area contributed by atoms with E-state index in [2.05, 4.69) is 39.8 Å². The van der Waals surface area contributed by atoms with Crippen LogP contribution in [0.2, 0.25) is 0 Å². The Morgan fingerprint density at radius 3 is 2.31 bits per heavy atom. The lowest BCUT2D eigenvalue weighted by Gasteiger charge is -2.55. The smallest absolute Gasteiger partial charge is 0.239 e. The number of carbonyl (C=O) groups is 2. The summed E-state index contributed by atoms with van der Waals surface area (Å²) in [5.74, 6) is 2.31. The van der Waals surface area contributed by atoms with Crippen molar-refractivity contribution < 1.29 is 9.59 Å². The zero-order valence-corrected chi connectivity index (χ0v) is 17.3. The largest absolute Gasteiger partial charge is 0.353 e. The summed E-state index contributed by atoms with van der Waals surface area (Å²) in [5.41, 5.74) is 2.67. The fourth-order valence-corrected chi connectivity index (χ4v) is 6.90. The third kappa shape index (κ3) is 3.94. The zero-order valence-electron chi connectivity index (χ0n) is 17.3. The lowest BCUT2D eigenvalue weighted by Crippen LogP contribution is -2.54. The molecular formula is C24H33N3O2. The van der Waals surface area contributed by atoms with Gasteiger partial charge < -0.3 is 10.6 Å². The number of fused-ring (bicyclic) bond motifs is 1. The molecule has 5 heteroatoms. The maximum Gasteiger partial charge on any atom is 0.239 e. The van der Waals surface area contributed by atoms with Crippen LogP contribution in [0, 0.1) is 23.2 Å². The lowest BCUT2D eigenvalue weighted by atomic mass is 9.49. The van der Waals surface area contributed by atoms with Gasteiger partial charge in [-0.15, -0.1) is 0 Å². The highest BCUT2D eigenvalue weighted by Crippen LogP contribution is 2.60.